The Bertz CT molecular complexity index is 542. The zero-order chi connectivity index (χ0) is 13.1. The first-order valence-corrected chi connectivity index (χ1v) is 7.47. The molecule has 1 aromatic carbocycles. The molecule has 1 N–H and O–H groups in total. The number of carbonyl (C=O) groups is 1. The lowest BCUT2D eigenvalue weighted by Crippen LogP contribution is -2.46. The monoisotopic (exact) mass is 275 g/mol. The minimum atomic E-state index is 0.251. The highest BCUT2D eigenvalue weighted by Gasteiger charge is 2.16. The Hall–Kier alpha value is -1.46. The van der Waals surface area contributed by atoms with Gasteiger partial charge in [0.1, 0.15) is 0 Å². The largest absolute Gasteiger partial charge is 0.340 e. The van der Waals surface area contributed by atoms with E-state index in [4.69, 9.17) is 0 Å². The molecule has 1 aliphatic heterocycles. The average Bonchev–Trinajstić information content (AvgIpc) is 2.88. The fraction of sp³-hybridized carbons (Fsp3) is 0.429. The number of fused-ring (bicyclic) bond motifs is 1. The molecule has 100 valence electrons. The van der Waals surface area contributed by atoms with Crippen LogP contribution in [0.2, 0.25) is 0 Å². The van der Waals surface area contributed by atoms with Crippen molar-refractivity contribution < 1.29 is 4.79 Å². The lowest BCUT2D eigenvalue weighted by molar-refractivity contribution is -0.131. The van der Waals surface area contributed by atoms with Crippen LogP contribution in [0.5, 0.6) is 0 Å². The Morgan fingerprint density at radius 2 is 2.11 bits per heavy atom. The summed E-state index contributed by atoms with van der Waals surface area (Å²) >= 11 is 1.69. The summed E-state index contributed by atoms with van der Waals surface area (Å²) in [5.41, 5.74) is 1.04. The van der Waals surface area contributed by atoms with Crippen molar-refractivity contribution in [1.29, 1.82) is 0 Å². The Morgan fingerprint density at radius 1 is 1.32 bits per heavy atom. The molecule has 1 saturated heterocycles. The molecule has 1 amide bonds. The molecule has 2 heterocycles. The lowest BCUT2D eigenvalue weighted by Gasteiger charge is -2.27. The Balaban J connectivity index is 1.60. The molecule has 0 saturated carbocycles. The van der Waals surface area contributed by atoms with E-state index in [1.54, 1.807) is 11.3 Å². The first-order valence-electron chi connectivity index (χ1n) is 6.66. The van der Waals surface area contributed by atoms with E-state index >= 15 is 0 Å². The quantitative estimate of drug-likeness (QED) is 0.926. The Morgan fingerprint density at radius 3 is 2.89 bits per heavy atom. The molecule has 5 heteroatoms. The molecular weight excluding hydrogens is 258 g/mol. The number of para-hydroxylation sites is 1. The predicted molar refractivity (Wildman–Crippen MR) is 77.4 cm³/mol. The zero-order valence-corrected chi connectivity index (χ0v) is 11.6. The third-order valence-corrected chi connectivity index (χ3v) is 4.46. The van der Waals surface area contributed by atoms with Crippen LogP contribution in [0.25, 0.3) is 10.2 Å². The van der Waals surface area contributed by atoms with Gasteiger partial charge in [-0.05, 0) is 12.1 Å². The summed E-state index contributed by atoms with van der Waals surface area (Å²) in [5, 5.41) is 4.32. The minimum Gasteiger partial charge on any atom is -0.340 e. The van der Waals surface area contributed by atoms with Crippen molar-refractivity contribution >= 4 is 27.5 Å². The number of piperazine rings is 1. The molecule has 4 nitrogen and oxygen atoms in total. The van der Waals surface area contributed by atoms with Crippen LogP contribution < -0.4 is 5.32 Å². The summed E-state index contributed by atoms with van der Waals surface area (Å²) < 4.78 is 1.20. The summed E-state index contributed by atoms with van der Waals surface area (Å²) in [6.07, 6.45) is 1.32. The van der Waals surface area contributed by atoms with E-state index in [2.05, 4.69) is 16.4 Å². The van der Waals surface area contributed by atoms with Crippen molar-refractivity contribution in [2.45, 2.75) is 12.8 Å². The van der Waals surface area contributed by atoms with Gasteiger partial charge in [0.2, 0.25) is 5.91 Å². The van der Waals surface area contributed by atoms with Crippen LogP contribution >= 0.6 is 11.3 Å². The molecule has 0 radical (unpaired) electrons. The highest BCUT2D eigenvalue weighted by Crippen LogP contribution is 2.22. The molecule has 0 unspecified atom stereocenters. The van der Waals surface area contributed by atoms with Crippen molar-refractivity contribution in [2.24, 2.45) is 0 Å². The summed E-state index contributed by atoms with van der Waals surface area (Å²) in [6.45, 7) is 3.48. The highest BCUT2D eigenvalue weighted by atomic mass is 32.1. The minimum absolute atomic E-state index is 0.251. The fourth-order valence-electron chi connectivity index (χ4n) is 2.31. The van der Waals surface area contributed by atoms with Crippen LogP contribution in [0.3, 0.4) is 0 Å². The number of amides is 1. The molecule has 0 atom stereocenters. The van der Waals surface area contributed by atoms with Crippen molar-refractivity contribution in [3.05, 3.63) is 29.3 Å². The second-order valence-corrected chi connectivity index (χ2v) is 5.82. The van der Waals surface area contributed by atoms with Crippen LogP contribution in [-0.4, -0.2) is 42.0 Å². The molecule has 0 bridgehead atoms. The van der Waals surface area contributed by atoms with Crippen molar-refractivity contribution in [3.63, 3.8) is 0 Å². The standard InChI is InChI=1S/C14H17N3OS/c18-14(17-9-7-15-8-10-17)6-5-13-16-11-3-1-2-4-12(11)19-13/h1-4,15H,5-10H2. The number of rotatable bonds is 3. The number of nitrogens with zero attached hydrogens (tertiary/aromatic N) is 2. The van der Waals surface area contributed by atoms with Crippen molar-refractivity contribution in [2.75, 3.05) is 26.2 Å². The van der Waals surface area contributed by atoms with Gasteiger partial charge in [-0.3, -0.25) is 4.79 Å². The number of hydrogen-bond acceptors (Lipinski definition) is 4. The Labute approximate surface area is 116 Å². The molecule has 19 heavy (non-hydrogen) atoms. The number of nitrogens with one attached hydrogen (secondary N) is 1. The van der Waals surface area contributed by atoms with Gasteiger partial charge in [-0.15, -0.1) is 11.3 Å². The predicted octanol–water partition coefficient (Wildman–Crippen LogP) is 1.66. The van der Waals surface area contributed by atoms with Crippen molar-refractivity contribution in [3.8, 4) is 0 Å². The van der Waals surface area contributed by atoms with E-state index in [-0.39, 0.29) is 5.91 Å². The van der Waals surface area contributed by atoms with Gasteiger partial charge in [0.05, 0.1) is 15.2 Å². The molecule has 1 aromatic heterocycles. The van der Waals surface area contributed by atoms with E-state index in [0.29, 0.717) is 6.42 Å². The number of aryl methyl sites for hydroxylation is 1. The zero-order valence-electron chi connectivity index (χ0n) is 10.8. The molecule has 3 rings (SSSR count). The normalized spacial score (nSPS) is 15.9. The van der Waals surface area contributed by atoms with E-state index in [0.717, 1.165) is 43.1 Å². The number of carbonyl (C=O) groups excluding carboxylic acids is 1. The molecule has 2 aromatic rings. The summed E-state index contributed by atoms with van der Waals surface area (Å²) in [4.78, 5) is 18.6. The van der Waals surface area contributed by atoms with Gasteiger partial charge in [-0.25, -0.2) is 4.98 Å². The van der Waals surface area contributed by atoms with Crippen LogP contribution in [0, 0.1) is 0 Å². The van der Waals surface area contributed by atoms with Gasteiger partial charge in [-0.2, -0.15) is 0 Å². The molecule has 1 fully saturated rings. The molecule has 0 spiro atoms. The van der Waals surface area contributed by atoms with Crippen LogP contribution in [0.4, 0.5) is 0 Å². The van der Waals surface area contributed by atoms with E-state index in [1.165, 1.54) is 4.70 Å². The molecular formula is C14H17N3OS. The van der Waals surface area contributed by atoms with Crippen LogP contribution in [0.1, 0.15) is 11.4 Å². The summed E-state index contributed by atoms with van der Waals surface area (Å²) in [5.74, 6) is 0.251. The summed E-state index contributed by atoms with van der Waals surface area (Å²) in [6, 6.07) is 8.12. The van der Waals surface area contributed by atoms with Crippen LogP contribution in [-0.2, 0) is 11.2 Å². The fourth-order valence-corrected chi connectivity index (χ4v) is 3.28. The second-order valence-electron chi connectivity index (χ2n) is 4.71. The summed E-state index contributed by atoms with van der Waals surface area (Å²) in [7, 11) is 0. The number of benzene rings is 1. The van der Waals surface area contributed by atoms with E-state index in [9.17, 15) is 4.79 Å². The maximum Gasteiger partial charge on any atom is 0.223 e. The highest BCUT2D eigenvalue weighted by molar-refractivity contribution is 7.18. The molecule has 1 aliphatic rings. The first-order chi connectivity index (χ1) is 9.33. The van der Waals surface area contributed by atoms with Gasteiger partial charge in [0.15, 0.2) is 0 Å². The smallest absolute Gasteiger partial charge is 0.223 e. The lowest BCUT2D eigenvalue weighted by atomic mass is 10.2. The topological polar surface area (TPSA) is 45.2 Å². The first kappa shape index (κ1) is 12.6. The maximum atomic E-state index is 12.1. The SMILES string of the molecule is O=C(CCc1nc2ccccc2s1)N1CCNCC1. The molecule has 0 aliphatic carbocycles. The van der Waals surface area contributed by atoms with E-state index in [1.807, 2.05) is 23.1 Å². The van der Waals surface area contributed by atoms with Gasteiger partial charge in [-0.1, -0.05) is 12.1 Å². The number of thiazole rings is 1. The van der Waals surface area contributed by atoms with Crippen LogP contribution in [0.15, 0.2) is 24.3 Å². The van der Waals surface area contributed by atoms with Gasteiger partial charge in [0, 0.05) is 39.0 Å². The second kappa shape index (κ2) is 5.67. The van der Waals surface area contributed by atoms with Gasteiger partial charge < -0.3 is 10.2 Å². The van der Waals surface area contributed by atoms with E-state index < -0.39 is 0 Å². The average molecular weight is 275 g/mol. The van der Waals surface area contributed by atoms with Gasteiger partial charge in [0.25, 0.3) is 0 Å². The maximum absolute atomic E-state index is 12.1. The van der Waals surface area contributed by atoms with Crippen molar-refractivity contribution in [1.82, 2.24) is 15.2 Å². The number of hydrogen-bond donors (Lipinski definition) is 1. The third-order valence-electron chi connectivity index (χ3n) is 3.36. The van der Waals surface area contributed by atoms with Gasteiger partial charge >= 0.3 is 0 Å². The Kier molecular flexibility index (Phi) is 3.75. The third kappa shape index (κ3) is 2.93. The number of aromatic nitrogens is 1.